The summed E-state index contributed by atoms with van der Waals surface area (Å²) in [6, 6.07) is -0.168. The van der Waals surface area contributed by atoms with Crippen LogP contribution in [0.2, 0.25) is 0 Å². The Morgan fingerprint density at radius 1 is 1.41 bits per heavy atom. The van der Waals surface area contributed by atoms with E-state index in [4.69, 9.17) is 0 Å². The molecule has 0 spiro atoms. The fourth-order valence-corrected chi connectivity index (χ4v) is 2.37. The summed E-state index contributed by atoms with van der Waals surface area (Å²) >= 11 is 1.77. The van der Waals surface area contributed by atoms with Crippen molar-refractivity contribution in [1.82, 2.24) is 20.5 Å². The van der Waals surface area contributed by atoms with Crippen molar-refractivity contribution in [3.8, 4) is 0 Å². The second kappa shape index (κ2) is 5.42. The Bertz CT molecular complexity index is 419. The molecule has 92 valence electrons. The first-order valence-electron chi connectivity index (χ1n) is 5.47. The molecule has 1 aromatic rings. The van der Waals surface area contributed by atoms with E-state index in [1.54, 1.807) is 11.8 Å². The summed E-state index contributed by atoms with van der Waals surface area (Å²) in [4.78, 5) is 16.0. The lowest BCUT2D eigenvalue weighted by atomic mass is 10.3. The van der Waals surface area contributed by atoms with Crippen LogP contribution in [0.1, 0.15) is 11.4 Å². The van der Waals surface area contributed by atoms with E-state index >= 15 is 0 Å². The van der Waals surface area contributed by atoms with Gasteiger partial charge in [0.25, 0.3) is 0 Å². The van der Waals surface area contributed by atoms with E-state index < -0.39 is 0 Å². The van der Waals surface area contributed by atoms with Crippen molar-refractivity contribution >= 4 is 23.6 Å². The lowest BCUT2D eigenvalue weighted by Crippen LogP contribution is -2.46. The van der Waals surface area contributed by atoms with E-state index in [1.807, 2.05) is 13.8 Å². The van der Waals surface area contributed by atoms with Crippen LogP contribution in [0.4, 0.5) is 5.95 Å². The maximum absolute atomic E-state index is 11.9. The highest BCUT2D eigenvalue weighted by Gasteiger charge is 2.21. The van der Waals surface area contributed by atoms with Crippen LogP contribution in [0.3, 0.4) is 0 Å². The summed E-state index contributed by atoms with van der Waals surface area (Å²) < 4.78 is 0. The molecular weight excluding hydrogens is 238 g/mol. The minimum absolute atomic E-state index is 0.0951. The molecule has 0 bridgehead atoms. The smallest absolute Gasteiger partial charge is 0.249 e. The maximum atomic E-state index is 11.9. The van der Waals surface area contributed by atoms with E-state index in [-0.39, 0.29) is 17.9 Å². The Labute approximate surface area is 104 Å². The zero-order chi connectivity index (χ0) is 12.3. The first-order chi connectivity index (χ1) is 8.16. The molecule has 1 amide bonds. The number of rotatable bonds is 2. The van der Waals surface area contributed by atoms with Gasteiger partial charge < -0.3 is 5.32 Å². The molecule has 1 aliphatic rings. The molecule has 0 radical (unpaired) electrons. The van der Waals surface area contributed by atoms with Crippen molar-refractivity contribution in [3.63, 3.8) is 0 Å². The summed E-state index contributed by atoms with van der Waals surface area (Å²) in [7, 11) is 0. The third kappa shape index (κ3) is 3.13. The number of carbonyl (C=O) groups excluding carboxylic acids is 1. The highest BCUT2D eigenvalue weighted by molar-refractivity contribution is 7.99. The Balaban J connectivity index is 1.99. The lowest BCUT2D eigenvalue weighted by Gasteiger charge is -2.21. The predicted molar refractivity (Wildman–Crippen MR) is 67.0 cm³/mol. The van der Waals surface area contributed by atoms with E-state index in [0.29, 0.717) is 0 Å². The van der Waals surface area contributed by atoms with Crippen molar-refractivity contribution in [1.29, 1.82) is 0 Å². The van der Waals surface area contributed by atoms with Crippen LogP contribution in [0.25, 0.3) is 0 Å². The van der Waals surface area contributed by atoms with E-state index in [2.05, 4.69) is 25.8 Å². The minimum atomic E-state index is -0.168. The third-order valence-electron chi connectivity index (χ3n) is 2.57. The molecule has 1 saturated heterocycles. The highest BCUT2D eigenvalue weighted by Crippen LogP contribution is 2.09. The minimum Gasteiger partial charge on any atom is -0.304 e. The van der Waals surface area contributed by atoms with Gasteiger partial charge >= 0.3 is 0 Å². The second-order valence-corrected chi connectivity index (χ2v) is 5.03. The van der Waals surface area contributed by atoms with E-state index in [0.717, 1.165) is 29.4 Å². The first-order valence-corrected chi connectivity index (χ1v) is 6.62. The Hall–Kier alpha value is -1.21. The number of carbonyl (C=O) groups is 1. The average molecular weight is 253 g/mol. The topological polar surface area (TPSA) is 79.8 Å². The van der Waals surface area contributed by atoms with Crippen molar-refractivity contribution in [2.24, 2.45) is 0 Å². The number of hydrogen-bond acceptors (Lipinski definition) is 6. The molecule has 6 nitrogen and oxygen atoms in total. The Morgan fingerprint density at radius 2 is 2.24 bits per heavy atom. The van der Waals surface area contributed by atoms with Crippen molar-refractivity contribution < 1.29 is 4.79 Å². The van der Waals surface area contributed by atoms with Gasteiger partial charge in [-0.15, -0.1) is 5.10 Å². The van der Waals surface area contributed by atoms with Crippen LogP contribution in [0.5, 0.6) is 0 Å². The van der Waals surface area contributed by atoms with Gasteiger partial charge in [-0.3, -0.25) is 10.1 Å². The standard InChI is InChI=1S/C10H15N5OS/c1-6-7(2)14-15-10(12-6)13-9(16)8-5-17-4-3-11-8/h8,11H,3-5H2,1-2H3,(H,12,13,15,16). The molecule has 1 aliphatic heterocycles. The van der Waals surface area contributed by atoms with Crippen LogP contribution in [-0.4, -0.2) is 45.2 Å². The number of anilines is 1. The normalized spacial score (nSPS) is 20.0. The van der Waals surface area contributed by atoms with Crippen LogP contribution in [0.15, 0.2) is 0 Å². The van der Waals surface area contributed by atoms with Crippen LogP contribution < -0.4 is 10.6 Å². The number of nitrogens with zero attached hydrogens (tertiary/aromatic N) is 3. The number of thioether (sulfide) groups is 1. The summed E-state index contributed by atoms with van der Waals surface area (Å²) in [5, 5.41) is 13.6. The van der Waals surface area contributed by atoms with Crippen LogP contribution in [0, 0.1) is 13.8 Å². The predicted octanol–water partition coefficient (Wildman–Crippen LogP) is 0.132. The molecule has 0 aliphatic carbocycles. The second-order valence-electron chi connectivity index (χ2n) is 3.88. The quantitative estimate of drug-likeness (QED) is 0.780. The van der Waals surface area contributed by atoms with Gasteiger partial charge in [-0.25, -0.2) is 4.98 Å². The number of aromatic nitrogens is 3. The molecule has 2 rings (SSSR count). The lowest BCUT2D eigenvalue weighted by molar-refractivity contribution is -0.117. The van der Waals surface area contributed by atoms with Gasteiger partial charge in [-0.2, -0.15) is 16.9 Å². The Morgan fingerprint density at radius 3 is 2.88 bits per heavy atom. The number of hydrogen-bond donors (Lipinski definition) is 2. The number of nitrogens with one attached hydrogen (secondary N) is 2. The van der Waals surface area contributed by atoms with Gasteiger partial charge in [0.15, 0.2) is 0 Å². The van der Waals surface area contributed by atoms with E-state index in [1.165, 1.54) is 0 Å². The largest absolute Gasteiger partial charge is 0.304 e. The molecule has 17 heavy (non-hydrogen) atoms. The SMILES string of the molecule is Cc1nnc(NC(=O)C2CSCCN2)nc1C. The third-order valence-corrected chi connectivity index (χ3v) is 3.63. The molecule has 1 fully saturated rings. The van der Waals surface area contributed by atoms with Crippen molar-refractivity contribution in [3.05, 3.63) is 11.4 Å². The summed E-state index contributed by atoms with van der Waals surface area (Å²) in [5.74, 6) is 2.01. The van der Waals surface area contributed by atoms with Crippen LogP contribution in [-0.2, 0) is 4.79 Å². The van der Waals surface area contributed by atoms with Gasteiger partial charge in [0.2, 0.25) is 11.9 Å². The summed E-state index contributed by atoms with van der Waals surface area (Å²) in [6.45, 7) is 4.53. The molecule has 1 atom stereocenters. The van der Waals surface area contributed by atoms with Crippen molar-refractivity contribution in [2.75, 3.05) is 23.4 Å². The first kappa shape index (κ1) is 12.3. The van der Waals surface area contributed by atoms with Crippen LogP contribution >= 0.6 is 11.8 Å². The van der Waals surface area contributed by atoms with Gasteiger partial charge in [0, 0.05) is 18.1 Å². The van der Waals surface area contributed by atoms with Gasteiger partial charge in [-0.1, -0.05) is 0 Å². The molecule has 1 aromatic heterocycles. The zero-order valence-corrected chi connectivity index (χ0v) is 10.7. The molecular formula is C10H15N5OS. The fraction of sp³-hybridized carbons (Fsp3) is 0.600. The summed E-state index contributed by atoms with van der Waals surface area (Å²) in [6.07, 6.45) is 0. The molecule has 7 heteroatoms. The molecule has 0 saturated carbocycles. The number of aryl methyl sites for hydroxylation is 2. The molecule has 2 heterocycles. The summed E-state index contributed by atoms with van der Waals surface area (Å²) in [5.41, 5.74) is 1.55. The van der Waals surface area contributed by atoms with Gasteiger partial charge in [0.1, 0.15) is 0 Å². The van der Waals surface area contributed by atoms with E-state index in [9.17, 15) is 4.79 Å². The fourth-order valence-electron chi connectivity index (χ4n) is 1.44. The highest BCUT2D eigenvalue weighted by atomic mass is 32.2. The Kier molecular flexibility index (Phi) is 3.90. The average Bonchev–Trinajstić information content (AvgIpc) is 2.35. The maximum Gasteiger partial charge on any atom is 0.249 e. The van der Waals surface area contributed by atoms with Crippen molar-refractivity contribution in [2.45, 2.75) is 19.9 Å². The molecule has 0 aromatic carbocycles. The molecule has 2 N–H and O–H groups in total. The number of amides is 1. The van der Waals surface area contributed by atoms with Gasteiger partial charge in [0.05, 0.1) is 17.4 Å². The monoisotopic (exact) mass is 253 g/mol. The van der Waals surface area contributed by atoms with Gasteiger partial charge in [-0.05, 0) is 13.8 Å². The zero-order valence-electron chi connectivity index (χ0n) is 9.86. The molecule has 1 unspecified atom stereocenters.